The van der Waals surface area contributed by atoms with E-state index in [1.165, 1.54) is 7.11 Å². The monoisotopic (exact) mass is 174 g/mol. The Morgan fingerprint density at radius 3 is 2.67 bits per heavy atom. The van der Waals surface area contributed by atoms with E-state index in [-0.39, 0.29) is 13.0 Å². The average Bonchev–Trinajstić information content (AvgIpc) is 2.51. The summed E-state index contributed by atoms with van der Waals surface area (Å²) in [5, 5.41) is 8.51. The SMILES string of the molecule is COC(=O)[C@@H]1CO[C@H](C(=O)O)C1. The number of carboxylic acids is 1. The summed E-state index contributed by atoms with van der Waals surface area (Å²) < 4.78 is 9.30. The minimum atomic E-state index is -1.03. The molecule has 5 heteroatoms. The molecule has 0 aromatic rings. The zero-order chi connectivity index (χ0) is 9.14. The van der Waals surface area contributed by atoms with Crippen LogP contribution in [-0.2, 0) is 19.1 Å². The second kappa shape index (κ2) is 3.53. The van der Waals surface area contributed by atoms with Crippen LogP contribution in [0.2, 0.25) is 0 Å². The van der Waals surface area contributed by atoms with E-state index >= 15 is 0 Å². The van der Waals surface area contributed by atoms with Crippen LogP contribution in [0.3, 0.4) is 0 Å². The number of carbonyl (C=O) groups excluding carboxylic acids is 1. The number of rotatable bonds is 2. The third-order valence-electron chi connectivity index (χ3n) is 1.81. The molecule has 68 valence electrons. The summed E-state index contributed by atoms with van der Waals surface area (Å²) in [4.78, 5) is 21.3. The third kappa shape index (κ3) is 1.73. The Morgan fingerprint density at radius 1 is 1.58 bits per heavy atom. The van der Waals surface area contributed by atoms with Crippen molar-refractivity contribution in [3.8, 4) is 0 Å². The van der Waals surface area contributed by atoms with Gasteiger partial charge in [-0.3, -0.25) is 4.79 Å². The van der Waals surface area contributed by atoms with Gasteiger partial charge in [-0.25, -0.2) is 4.79 Å². The number of carboxylic acid groups (broad SMARTS) is 1. The number of methoxy groups -OCH3 is 1. The van der Waals surface area contributed by atoms with Crippen LogP contribution < -0.4 is 0 Å². The second-order valence-electron chi connectivity index (χ2n) is 2.62. The van der Waals surface area contributed by atoms with Crippen LogP contribution in [0.4, 0.5) is 0 Å². The molecule has 1 rings (SSSR count). The smallest absolute Gasteiger partial charge is 0.332 e. The molecule has 1 aliphatic rings. The molecule has 1 N–H and O–H groups in total. The lowest BCUT2D eigenvalue weighted by atomic mass is 10.1. The van der Waals surface area contributed by atoms with Crippen LogP contribution in [-0.4, -0.2) is 36.9 Å². The first-order valence-electron chi connectivity index (χ1n) is 3.57. The number of hydrogen-bond acceptors (Lipinski definition) is 4. The highest BCUT2D eigenvalue weighted by atomic mass is 16.5. The Labute approximate surface area is 69.3 Å². The van der Waals surface area contributed by atoms with E-state index in [2.05, 4.69) is 4.74 Å². The first kappa shape index (κ1) is 8.99. The number of ether oxygens (including phenoxy) is 2. The standard InChI is InChI=1S/C7H10O5/c1-11-7(10)4-2-5(6(8)9)12-3-4/h4-5H,2-3H2,1H3,(H,8,9)/t4-,5-/m0/s1. The normalized spacial score (nSPS) is 28.4. The van der Waals surface area contributed by atoms with E-state index in [4.69, 9.17) is 9.84 Å². The zero-order valence-corrected chi connectivity index (χ0v) is 6.65. The Balaban J connectivity index is 2.45. The van der Waals surface area contributed by atoms with Crippen LogP contribution in [0.15, 0.2) is 0 Å². The van der Waals surface area contributed by atoms with Gasteiger partial charge in [0, 0.05) is 0 Å². The van der Waals surface area contributed by atoms with Gasteiger partial charge in [0.25, 0.3) is 0 Å². The van der Waals surface area contributed by atoms with E-state index in [9.17, 15) is 9.59 Å². The van der Waals surface area contributed by atoms with Gasteiger partial charge >= 0.3 is 11.9 Å². The molecule has 1 saturated heterocycles. The van der Waals surface area contributed by atoms with Crippen LogP contribution in [0.25, 0.3) is 0 Å². The van der Waals surface area contributed by atoms with Gasteiger partial charge in [-0.05, 0) is 6.42 Å². The van der Waals surface area contributed by atoms with E-state index < -0.39 is 24.0 Å². The molecule has 1 aliphatic heterocycles. The number of esters is 1. The molecule has 0 unspecified atom stereocenters. The van der Waals surface area contributed by atoms with Crippen molar-refractivity contribution in [2.24, 2.45) is 5.92 Å². The molecule has 5 nitrogen and oxygen atoms in total. The Kier molecular flexibility index (Phi) is 2.65. The Bertz CT molecular complexity index is 200. The molecular weight excluding hydrogens is 164 g/mol. The van der Waals surface area contributed by atoms with Gasteiger partial charge in [0.2, 0.25) is 0 Å². The summed E-state index contributed by atoms with van der Waals surface area (Å²) in [5.74, 6) is -1.85. The minimum absolute atomic E-state index is 0.143. The lowest BCUT2D eigenvalue weighted by Gasteiger charge is -2.02. The fourth-order valence-electron chi connectivity index (χ4n) is 1.13. The highest BCUT2D eigenvalue weighted by molar-refractivity contribution is 5.77. The summed E-state index contributed by atoms with van der Waals surface area (Å²) in [6.45, 7) is 0.143. The molecule has 0 aromatic carbocycles. The number of hydrogen-bond donors (Lipinski definition) is 1. The van der Waals surface area contributed by atoms with Crippen molar-refractivity contribution < 1.29 is 24.2 Å². The molecule has 12 heavy (non-hydrogen) atoms. The van der Waals surface area contributed by atoms with Gasteiger partial charge in [0.05, 0.1) is 19.6 Å². The van der Waals surface area contributed by atoms with Crippen LogP contribution in [0, 0.1) is 5.92 Å². The first-order chi connectivity index (χ1) is 5.65. The Hall–Kier alpha value is -1.10. The van der Waals surface area contributed by atoms with E-state index in [0.29, 0.717) is 0 Å². The van der Waals surface area contributed by atoms with E-state index in [1.54, 1.807) is 0 Å². The molecule has 0 amide bonds. The molecule has 1 heterocycles. The summed E-state index contributed by atoms with van der Waals surface area (Å²) in [6, 6.07) is 0. The van der Waals surface area contributed by atoms with Crippen LogP contribution >= 0.6 is 0 Å². The van der Waals surface area contributed by atoms with E-state index in [0.717, 1.165) is 0 Å². The van der Waals surface area contributed by atoms with Gasteiger partial charge in [-0.2, -0.15) is 0 Å². The summed E-state index contributed by atoms with van der Waals surface area (Å²) in [5.41, 5.74) is 0. The van der Waals surface area contributed by atoms with Gasteiger partial charge in [0.15, 0.2) is 6.10 Å². The van der Waals surface area contributed by atoms with Crippen molar-refractivity contribution >= 4 is 11.9 Å². The third-order valence-corrected chi connectivity index (χ3v) is 1.81. The highest BCUT2D eigenvalue weighted by Gasteiger charge is 2.35. The van der Waals surface area contributed by atoms with Gasteiger partial charge in [-0.1, -0.05) is 0 Å². The molecular formula is C7H10O5. The quantitative estimate of drug-likeness (QED) is 0.579. The predicted octanol–water partition coefficient (Wildman–Crippen LogP) is -0.351. The molecule has 2 atom stereocenters. The average molecular weight is 174 g/mol. The summed E-state index contributed by atoms with van der Waals surface area (Å²) in [6.07, 6.45) is -0.642. The van der Waals surface area contributed by atoms with Gasteiger partial charge in [0.1, 0.15) is 0 Å². The van der Waals surface area contributed by atoms with Crippen LogP contribution in [0.1, 0.15) is 6.42 Å². The lowest BCUT2D eigenvalue weighted by Crippen LogP contribution is -2.20. The second-order valence-corrected chi connectivity index (χ2v) is 2.62. The zero-order valence-electron chi connectivity index (χ0n) is 6.65. The minimum Gasteiger partial charge on any atom is -0.479 e. The molecule has 0 aromatic heterocycles. The summed E-state index contributed by atoms with van der Waals surface area (Å²) >= 11 is 0. The highest BCUT2D eigenvalue weighted by Crippen LogP contribution is 2.20. The molecule has 0 saturated carbocycles. The predicted molar refractivity (Wildman–Crippen MR) is 37.5 cm³/mol. The maximum Gasteiger partial charge on any atom is 0.332 e. The number of carbonyl (C=O) groups is 2. The van der Waals surface area contributed by atoms with Crippen molar-refractivity contribution in [1.29, 1.82) is 0 Å². The molecule has 1 fully saturated rings. The molecule has 0 radical (unpaired) electrons. The van der Waals surface area contributed by atoms with Gasteiger partial charge < -0.3 is 14.6 Å². The lowest BCUT2D eigenvalue weighted by molar-refractivity contribution is -0.147. The molecule has 0 aliphatic carbocycles. The molecule has 0 bridgehead atoms. The maximum atomic E-state index is 10.9. The fraction of sp³-hybridized carbons (Fsp3) is 0.714. The van der Waals surface area contributed by atoms with Crippen molar-refractivity contribution in [1.82, 2.24) is 0 Å². The van der Waals surface area contributed by atoms with E-state index in [1.807, 2.05) is 0 Å². The van der Waals surface area contributed by atoms with Gasteiger partial charge in [-0.15, -0.1) is 0 Å². The summed E-state index contributed by atoms with van der Waals surface area (Å²) in [7, 11) is 1.27. The fourth-order valence-corrected chi connectivity index (χ4v) is 1.13. The van der Waals surface area contributed by atoms with Crippen molar-refractivity contribution in [2.45, 2.75) is 12.5 Å². The van der Waals surface area contributed by atoms with Crippen molar-refractivity contribution in [3.63, 3.8) is 0 Å². The maximum absolute atomic E-state index is 10.9. The largest absolute Gasteiger partial charge is 0.479 e. The Morgan fingerprint density at radius 2 is 2.25 bits per heavy atom. The number of aliphatic carboxylic acids is 1. The first-order valence-corrected chi connectivity index (χ1v) is 3.57. The van der Waals surface area contributed by atoms with Crippen LogP contribution in [0.5, 0.6) is 0 Å². The van der Waals surface area contributed by atoms with Crippen molar-refractivity contribution in [3.05, 3.63) is 0 Å². The topological polar surface area (TPSA) is 72.8 Å². The van der Waals surface area contributed by atoms with Crippen molar-refractivity contribution in [2.75, 3.05) is 13.7 Å². The molecule has 0 spiro atoms.